The van der Waals surface area contributed by atoms with E-state index in [1.54, 1.807) is 12.1 Å². The molecule has 0 radical (unpaired) electrons. The lowest BCUT2D eigenvalue weighted by molar-refractivity contribution is 0.0951. The Morgan fingerprint density at radius 1 is 1.00 bits per heavy atom. The third kappa shape index (κ3) is 5.65. The zero-order valence-electron chi connectivity index (χ0n) is 20.2. The van der Waals surface area contributed by atoms with E-state index >= 15 is 0 Å². The summed E-state index contributed by atoms with van der Waals surface area (Å²) in [5.41, 5.74) is 5.17. The average molecular weight is 575 g/mol. The number of carbonyl (C=O) groups excluding carboxylic acids is 1. The molecule has 37 heavy (non-hydrogen) atoms. The van der Waals surface area contributed by atoms with Crippen LogP contribution in [0.15, 0.2) is 92.2 Å². The molecule has 2 N–H and O–H groups in total. The summed E-state index contributed by atoms with van der Waals surface area (Å²) in [5, 5.41) is 5.86. The molecule has 0 saturated carbocycles. The van der Waals surface area contributed by atoms with E-state index in [0.717, 1.165) is 33.1 Å². The van der Waals surface area contributed by atoms with E-state index < -0.39 is 5.91 Å². The van der Waals surface area contributed by atoms with Crippen molar-refractivity contribution in [2.45, 2.75) is 26.2 Å². The predicted molar refractivity (Wildman–Crippen MR) is 154 cm³/mol. The summed E-state index contributed by atoms with van der Waals surface area (Å²) >= 11 is 8.77. The van der Waals surface area contributed by atoms with Crippen LogP contribution < -0.4 is 10.6 Å². The molecule has 5 aromatic rings. The number of nitrogens with zero attached hydrogens (tertiary/aromatic N) is 1. The second kappa shape index (κ2) is 10.7. The van der Waals surface area contributed by atoms with E-state index in [1.165, 1.54) is 5.56 Å². The van der Waals surface area contributed by atoms with Crippen molar-refractivity contribution in [1.82, 2.24) is 10.3 Å². The Hall–Kier alpha value is -3.75. The van der Waals surface area contributed by atoms with Crippen molar-refractivity contribution in [3.8, 4) is 22.8 Å². The van der Waals surface area contributed by atoms with Crippen molar-refractivity contribution < 1.29 is 13.6 Å². The van der Waals surface area contributed by atoms with Gasteiger partial charge in [0.15, 0.2) is 16.5 Å². The molecule has 0 aliphatic heterocycles. The lowest BCUT2D eigenvalue weighted by atomic mass is 9.98. The van der Waals surface area contributed by atoms with Crippen LogP contribution in [0.4, 0.5) is 5.69 Å². The summed E-state index contributed by atoms with van der Waals surface area (Å²) in [7, 11) is 0. The molecule has 0 bridgehead atoms. The van der Waals surface area contributed by atoms with Gasteiger partial charge in [0.25, 0.3) is 5.91 Å². The molecule has 1 unspecified atom stereocenters. The monoisotopic (exact) mass is 573 g/mol. The predicted octanol–water partition coefficient (Wildman–Crippen LogP) is 8.16. The van der Waals surface area contributed by atoms with E-state index in [-0.39, 0.29) is 10.9 Å². The number of thiocarbonyl (C=S) groups is 1. The molecule has 0 saturated heterocycles. The first-order chi connectivity index (χ1) is 17.9. The van der Waals surface area contributed by atoms with Gasteiger partial charge in [-0.2, -0.15) is 0 Å². The lowest BCUT2D eigenvalue weighted by Gasteiger charge is -2.09. The van der Waals surface area contributed by atoms with Crippen LogP contribution >= 0.6 is 28.1 Å². The van der Waals surface area contributed by atoms with Gasteiger partial charge in [0, 0.05) is 21.3 Å². The zero-order chi connectivity index (χ0) is 25.9. The van der Waals surface area contributed by atoms with Crippen molar-refractivity contribution in [1.29, 1.82) is 0 Å². The number of hydrogen-bond donors (Lipinski definition) is 2. The second-order valence-corrected chi connectivity index (χ2v) is 10.0. The van der Waals surface area contributed by atoms with Crippen LogP contribution in [0, 0.1) is 0 Å². The number of benzene rings is 3. The van der Waals surface area contributed by atoms with Gasteiger partial charge in [-0.1, -0.05) is 54.0 Å². The Balaban J connectivity index is 1.26. The number of amides is 1. The topological polar surface area (TPSA) is 80.3 Å². The summed E-state index contributed by atoms with van der Waals surface area (Å²) in [4.78, 5) is 17.4. The molecule has 0 aliphatic carbocycles. The van der Waals surface area contributed by atoms with Crippen LogP contribution in [-0.4, -0.2) is 16.0 Å². The molecule has 2 aromatic heterocycles. The molecule has 3 aromatic carbocycles. The highest BCUT2D eigenvalue weighted by atomic mass is 79.9. The van der Waals surface area contributed by atoms with Crippen molar-refractivity contribution in [2.75, 3.05) is 5.32 Å². The maximum atomic E-state index is 12.7. The van der Waals surface area contributed by atoms with Gasteiger partial charge in [-0.25, -0.2) is 4.98 Å². The van der Waals surface area contributed by atoms with E-state index in [4.69, 9.17) is 21.1 Å². The number of anilines is 1. The fourth-order valence-corrected chi connectivity index (χ4v) is 4.37. The second-order valence-electron chi connectivity index (χ2n) is 8.72. The smallest absolute Gasteiger partial charge is 0.293 e. The fraction of sp³-hybridized carbons (Fsp3) is 0.138. The average Bonchev–Trinajstić information content (AvgIpc) is 3.56. The third-order valence-electron chi connectivity index (χ3n) is 6.15. The molecular weight excluding hydrogens is 550 g/mol. The van der Waals surface area contributed by atoms with Gasteiger partial charge < -0.3 is 14.2 Å². The van der Waals surface area contributed by atoms with E-state index in [0.29, 0.717) is 23.3 Å². The third-order valence-corrected chi connectivity index (χ3v) is 6.88. The Kier molecular flexibility index (Phi) is 7.21. The molecule has 6 nitrogen and oxygen atoms in total. The van der Waals surface area contributed by atoms with Gasteiger partial charge in [-0.3, -0.25) is 10.1 Å². The van der Waals surface area contributed by atoms with Gasteiger partial charge in [0.1, 0.15) is 11.3 Å². The Bertz CT molecular complexity index is 1590. The summed E-state index contributed by atoms with van der Waals surface area (Å²) in [5.74, 6) is 1.30. The highest BCUT2D eigenvalue weighted by Crippen LogP contribution is 2.29. The van der Waals surface area contributed by atoms with E-state index in [1.807, 2.05) is 54.6 Å². The maximum absolute atomic E-state index is 12.7. The molecule has 1 amide bonds. The van der Waals surface area contributed by atoms with Crippen LogP contribution in [0.1, 0.15) is 42.3 Å². The molecule has 0 fully saturated rings. The van der Waals surface area contributed by atoms with Crippen LogP contribution in [0.3, 0.4) is 0 Å². The van der Waals surface area contributed by atoms with E-state index in [2.05, 4.69) is 57.5 Å². The van der Waals surface area contributed by atoms with Gasteiger partial charge >= 0.3 is 0 Å². The molecule has 186 valence electrons. The number of furan rings is 1. The molecule has 0 spiro atoms. The SMILES string of the molecule is CCC(C)c1ccc2oc(-c3cccc(NC(=S)NC(=O)c4ccc(-c5ccc(Br)cc5)o4)c3)nc2c1. The normalized spacial score (nSPS) is 11.9. The molecular formula is C29H24BrN3O3S. The molecule has 5 rings (SSSR count). The summed E-state index contributed by atoms with van der Waals surface area (Å²) in [6, 6.07) is 24.7. The fourth-order valence-electron chi connectivity index (χ4n) is 3.90. The lowest BCUT2D eigenvalue weighted by Crippen LogP contribution is -2.33. The summed E-state index contributed by atoms with van der Waals surface area (Å²) in [6.45, 7) is 4.37. The quantitative estimate of drug-likeness (QED) is 0.199. The van der Waals surface area contributed by atoms with Gasteiger partial charge in [-0.05, 0) is 84.7 Å². The minimum atomic E-state index is -0.437. The van der Waals surface area contributed by atoms with Crippen LogP contribution in [0.5, 0.6) is 0 Å². The number of hydrogen-bond acceptors (Lipinski definition) is 5. The van der Waals surface area contributed by atoms with Crippen molar-refractivity contribution >= 4 is 56.0 Å². The number of fused-ring (bicyclic) bond motifs is 1. The highest BCUT2D eigenvalue weighted by Gasteiger charge is 2.15. The number of carbonyl (C=O) groups is 1. The number of nitrogens with one attached hydrogen (secondary N) is 2. The van der Waals surface area contributed by atoms with Gasteiger partial charge in [0.2, 0.25) is 5.89 Å². The maximum Gasteiger partial charge on any atom is 0.293 e. The first kappa shape index (κ1) is 24.9. The van der Waals surface area contributed by atoms with Crippen molar-refractivity contribution in [2.24, 2.45) is 0 Å². The first-order valence-corrected chi connectivity index (χ1v) is 13.1. The summed E-state index contributed by atoms with van der Waals surface area (Å²) < 4.78 is 12.7. The number of halogens is 1. The molecule has 2 heterocycles. The first-order valence-electron chi connectivity index (χ1n) is 11.9. The molecule has 8 heteroatoms. The van der Waals surface area contributed by atoms with Crippen molar-refractivity contribution in [3.05, 3.63) is 94.7 Å². The van der Waals surface area contributed by atoms with E-state index in [9.17, 15) is 4.79 Å². The minimum absolute atomic E-state index is 0.152. The number of aromatic nitrogens is 1. The summed E-state index contributed by atoms with van der Waals surface area (Å²) in [6.07, 6.45) is 1.06. The van der Waals surface area contributed by atoms with Crippen LogP contribution in [0.2, 0.25) is 0 Å². The zero-order valence-corrected chi connectivity index (χ0v) is 22.7. The molecule has 0 aliphatic rings. The number of rotatable bonds is 6. The van der Waals surface area contributed by atoms with Crippen LogP contribution in [0.25, 0.3) is 33.9 Å². The number of oxazole rings is 1. The van der Waals surface area contributed by atoms with Gasteiger partial charge in [-0.15, -0.1) is 0 Å². The minimum Gasteiger partial charge on any atom is -0.451 e. The molecule has 1 atom stereocenters. The Morgan fingerprint density at radius 3 is 2.59 bits per heavy atom. The van der Waals surface area contributed by atoms with Crippen LogP contribution in [-0.2, 0) is 0 Å². The largest absolute Gasteiger partial charge is 0.451 e. The van der Waals surface area contributed by atoms with Crippen molar-refractivity contribution in [3.63, 3.8) is 0 Å². The van der Waals surface area contributed by atoms with Gasteiger partial charge in [0.05, 0.1) is 0 Å². The Labute approximate surface area is 228 Å². The standard InChI is InChI=1S/C29H24BrN3O3S/c1-3-17(2)19-9-12-25-23(16-19)32-28(36-25)20-5-4-6-22(15-20)31-29(37)33-27(34)26-14-13-24(35-26)18-7-10-21(30)11-8-18/h4-17H,3H2,1-2H3,(H2,31,33,34,37). The Morgan fingerprint density at radius 2 is 1.81 bits per heavy atom. The highest BCUT2D eigenvalue weighted by molar-refractivity contribution is 9.10.